The molecule has 0 radical (unpaired) electrons. The average Bonchev–Trinajstić information content (AvgIpc) is 2.63. The van der Waals surface area contributed by atoms with Crippen LogP contribution in [0.5, 0.6) is 0 Å². The molecule has 0 aromatic rings. The van der Waals surface area contributed by atoms with Crippen molar-refractivity contribution in [3.63, 3.8) is 0 Å². The molecule has 3 nitrogen and oxygen atoms in total. The third-order valence-corrected chi connectivity index (χ3v) is 5.56. The fourth-order valence-corrected chi connectivity index (χ4v) is 3.51. The number of aliphatic hydroxyl groups excluding tert-OH is 1. The summed E-state index contributed by atoms with van der Waals surface area (Å²) < 4.78 is 2.19. The molecule has 0 bridgehead atoms. The first kappa shape index (κ1) is 28.8. The first-order valence-corrected chi connectivity index (χ1v) is 12.4. The van der Waals surface area contributed by atoms with E-state index in [9.17, 15) is 0 Å². The van der Waals surface area contributed by atoms with Gasteiger partial charge in [0.2, 0.25) is 0 Å². The number of aliphatic hydroxyl groups is 1. The number of nitrogens with one attached hydrogen (secondary N) is 1. The molecule has 0 heterocycles. The SMILES string of the molecule is CCCCCCCCCCCCCCCCN(I)CCO.CCNCC. The molecular weight excluding hydrogens is 435 g/mol. The van der Waals surface area contributed by atoms with Gasteiger partial charge in [0.25, 0.3) is 0 Å². The van der Waals surface area contributed by atoms with E-state index in [1.54, 1.807) is 0 Å². The lowest BCUT2D eigenvalue weighted by Gasteiger charge is -2.11. The maximum absolute atomic E-state index is 8.81. The molecule has 0 atom stereocenters. The van der Waals surface area contributed by atoms with E-state index in [-0.39, 0.29) is 6.61 Å². The Hall–Kier alpha value is 0.610. The van der Waals surface area contributed by atoms with Gasteiger partial charge in [0.05, 0.1) is 6.61 Å². The number of rotatable bonds is 19. The minimum Gasteiger partial charge on any atom is -0.395 e. The molecule has 0 aromatic carbocycles. The molecule has 0 spiro atoms. The normalized spacial score (nSPS) is 10.8. The molecule has 0 amide bonds. The fourth-order valence-electron chi connectivity index (χ4n) is 2.95. The molecule has 26 heavy (non-hydrogen) atoms. The zero-order valence-electron chi connectivity index (χ0n) is 18.2. The molecule has 0 fully saturated rings. The summed E-state index contributed by atoms with van der Waals surface area (Å²) in [6.45, 7) is 10.9. The van der Waals surface area contributed by atoms with Gasteiger partial charge in [-0.05, 0) is 19.5 Å². The zero-order valence-corrected chi connectivity index (χ0v) is 20.4. The highest BCUT2D eigenvalue weighted by atomic mass is 127. The number of unbranched alkanes of at least 4 members (excludes halogenated alkanes) is 13. The monoisotopic (exact) mass is 484 g/mol. The van der Waals surface area contributed by atoms with Crippen LogP contribution in [0.1, 0.15) is 111 Å². The Balaban J connectivity index is 0. The largest absolute Gasteiger partial charge is 0.395 e. The Morgan fingerprint density at radius 1 is 0.615 bits per heavy atom. The Bertz CT molecular complexity index is 228. The molecule has 160 valence electrons. The molecule has 4 heteroatoms. The lowest BCUT2D eigenvalue weighted by molar-refractivity contribution is 0.267. The van der Waals surface area contributed by atoms with Gasteiger partial charge in [-0.3, -0.25) is 0 Å². The molecule has 0 saturated carbocycles. The van der Waals surface area contributed by atoms with Crippen molar-refractivity contribution in [1.82, 2.24) is 8.43 Å². The smallest absolute Gasteiger partial charge is 0.0566 e. The van der Waals surface area contributed by atoms with E-state index < -0.39 is 0 Å². The van der Waals surface area contributed by atoms with E-state index in [1.165, 1.54) is 89.9 Å². The van der Waals surface area contributed by atoms with Crippen LogP contribution in [-0.2, 0) is 0 Å². The second-order valence-electron chi connectivity index (χ2n) is 7.19. The predicted molar refractivity (Wildman–Crippen MR) is 127 cm³/mol. The van der Waals surface area contributed by atoms with Crippen molar-refractivity contribution < 1.29 is 5.11 Å². The molecule has 0 saturated heterocycles. The summed E-state index contributed by atoms with van der Waals surface area (Å²) in [5.74, 6) is 0. The molecular formula is C22H49IN2O. The standard InChI is InChI=1S/C18H38INO.C4H11N/c1-2-3-4-5-6-7-8-9-10-11-12-13-14-15-16-20(19)17-18-21;1-3-5-4-2/h21H,2-18H2,1H3;5H,3-4H2,1-2H3. The average molecular weight is 485 g/mol. The third-order valence-electron chi connectivity index (χ3n) is 4.60. The van der Waals surface area contributed by atoms with Crippen LogP contribution in [0.4, 0.5) is 0 Å². The summed E-state index contributed by atoms with van der Waals surface area (Å²) in [7, 11) is 0. The molecule has 0 unspecified atom stereocenters. The second kappa shape index (κ2) is 27.8. The topological polar surface area (TPSA) is 35.5 Å². The Kier molecular flexibility index (Phi) is 30.8. The van der Waals surface area contributed by atoms with Gasteiger partial charge in [0.1, 0.15) is 0 Å². The molecule has 2 N–H and O–H groups in total. The van der Waals surface area contributed by atoms with Gasteiger partial charge < -0.3 is 10.4 Å². The van der Waals surface area contributed by atoms with E-state index in [2.05, 4.69) is 52.1 Å². The highest BCUT2D eigenvalue weighted by molar-refractivity contribution is 14.1. The number of nitrogens with zero attached hydrogens (tertiary/aromatic N) is 1. The van der Waals surface area contributed by atoms with Gasteiger partial charge in [0.15, 0.2) is 0 Å². The van der Waals surface area contributed by atoms with Gasteiger partial charge in [-0.1, -0.05) is 104 Å². The number of hydrogen-bond donors (Lipinski definition) is 2. The van der Waals surface area contributed by atoms with Crippen molar-refractivity contribution in [2.45, 2.75) is 111 Å². The van der Waals surface area contributed by atoms with E-state index in [1.807, 2.05) is 0 Å². The summed E-state index contributed by atoms with van der Waals surface area (Å²) in [4.78, 5) is 0. The lowest BCUT2D eigenvalue weighted by atomic mass is 10.0. The first-order valence-electron chi connectivity index (χ1n) is 11.4. The minimum atomic E-state index is 0.279. The summed E-state index contributed by atoms with van der Waals surface area (Å²) in [6.07, 6.45) is 19.8. The van der Waals surface area contributed by atoms with Crippen molar-refractivity contribution in [3.05, 3.63) is 0 Å². The quantitative estimate of drug-likeness (QED) is 0.121. The van der Waals surface area contributed by atoms with Crippen LogP contribution in [0.25, 0.3) is 0 Å². The lowest BCUT2D eigenvalue weighted by Crippen LogP contribution is -2.16. The summed E-state index contributed by atoms with van der Waals surface area (Å²) in [6, 6.07) is 0. The highest BCUT2D eigenvalue weighted by Gasteiger charge is 1.98. The van der Waals surface area contributed by atoms with Crippen molar-refractivity contribution in [2.24, 2.45) is 0 Å². The fraction of sp³-hybridized carbons (Fsp3) is 1.00. The molecule has 0 aliphatic heterocycles. The molecule has 0 aliphatic rings. The summed E-state index contributed by atoms with van der Waals surface area (Å²) >= 11 is 2.31. The van der Waals surface area contributed by atoms with Crippen LogP contribution in [-0.4, -0.2) is 41.0 Å². The summed E-state index contributed by atoms with van der Waals surface area (Å²) in [5, 5.41) is 11.9. The van der Waals surface area contributed by atoms with Gasteiger partial charge >= 0.3 is 0 Å². The van der Waals surface area contributed by atoms with Crippen molar-refractivity contribution in [1.29, 1.82) is 0 Å². The van der Waals surface area contributed by atoms with Gasteiger partial charge in [-0.15, -0.1) is 0 Å². The minimum absolute atomic E-state index is 0.279. The van der Waals surface area contributed by atoms with Crippen LogP contribution in [0.15, 0.2) is 0 Å². The van der Waals surface area contributed by atoms with Crippen molar-refractivity contribution in [2.75, 3.05) is 32.8 Å². The Labute approximate surface area is 179 Å². The van der Waals surface area contributed by atoms with Crippen LogP contribution < -0.4 is 5.32 Å². The van der Waals surface area contributed by atoms with E-state index >= 15 is 0 Å². The van der Waals surface area contributed by atoms with Crippen LogP contribution in [0.2, 0.25) is 0 Å². The van der Waals surface area contributed by atoms with Crippen LogP contribution >= 0.6 is 22.9 Å². The first-order chi connectivity index (χ1) is 12.7. The van der Waals surface area contributed by atoms with Crippen molar-refractivity contribution >= 4 is 22.9 Å². The molecule has 0 aromatic heterocycles. The van der Waals surface area contributed by atoms with E-state index in [0.29, 0.717) is 0 Å². The Morgan fingerprint density at radius 3 is 1.31 bits per heavy atom. The predicted octanol–water partition coefficient (Wildman–Crippen LogP) is 6.73. The summed E-state index contributed by atoms with van der Waals surface area (Å²) in [5.41, 5.74) is 0. The van der Waals surface area contributed by atoms with Crippen LogP contribution in [0.3, 0.4) is 0 Å². The number of hydrogen-bond acceptors (Lipinski definition) is 3. The van der Waals surface area contributed by atoms with E-state index in [0.717, 1.165) is 26.2 Å². The van der Waals surface area contributed by atoms with Gasteiger partial charge in [-0.2, -0.15) is 0 Å². The maximum Gasteiger partial charge on any atom is 0.0566 e. The second-order valence-corrected chi connectivity index (χ2v) is 8.55. The highest BCUT2D eigenvalue weighted by Crippen LogP contribution is 2.13. The van der Waals surface area contributed by atoms with Crippen molar-refractivity contribution in [3.8, 4) is 0 Å². The maximum atomic E-state index is 8.81. The third kappa shape index (κ3) is 29.4. The Morgan fingerprint density at radius 2 is 1.00 bits per heavy atom. The molecule has 0 rings (SSSR count). The number of halogens is 1. The van der Waals surface area contributed by atoms with Crippen LogP contribution in [0, 0.1) is 0 Å². The van der Waals surface area contributed by atoms with Gasteiger partial charge in [0, 0.05) is 36.0 Å². The van der Waals surface area contributed by atoms with E-state index in [4.69, 9.17) is 5.11 Å². The zero-order chi connectivity index (χ0) is 19.7. The van der Waals surface area contributed by atoms with Gasteiger partial charge in [-0.25, -0.2) is 3.11 Å². The molecule has 0 aliphatic carbocycles.